The highest BCUT2D eigenvalue weighted by molar-refractivity contribution is 8.24. The van der Waals surface area contributed by atoms with E-state index in [0.29, 0.717) is 28.9 Å². The number of thiocarbonyl (C=S) groups is 1. The molecule has 22 heavy (non-hydrogen) atoms. The molecule has 2 amide bonds. The summed E-state index contributed by atoms with van der Waals surface area (Å²) >= 11 is 6.51. The third kappa shape index (κ3) is 3.98. The first-order chi connectivity index (χ1) is 10.5. The molecule has 1 unspecified atom stereocenters. The van der Waals surface area contributed by atoms with Gasteiger partial charge in [0.15, 0.2) is 0 Å². The van der Waals surface area contributed by atoms with Gasteiger partial charge in [0.2, 0.25) is 11.8 Å². The fourth-order valence-corrected chi connectivity index (χ4v) is 3.51. The molecule has 1 aromatic carbocycles. The van der Waals surface area contributed by atoms with E-state index in [0.717, 1.165) is 0 Å². The molecule has 1 N–H and O–H groups in total. The standard InChI is InChI=1S/C15H18N2O3S2/c1-3-20-12-7-5-4-6-11(12)16-13(18)8-9-17-14(19)10(2)22-15(17)21/h4-7,10H,3,8-9H2,1-2H3,(H,16,18). The predicted octanol–water partition coefficient (Wildman–Crippen LogP) is 2.66. The molecule has 5 nitrogen and oxygen atoms in total. The molecule has 1 atom stereocenters. The number of para-hydroxylation sites is 2. The maximum absolute atomic E-state index is 12.1. The van der Waals surface area contributed by atoms with Gasteiger partial charge in [0, 0.05) is 13.0 Å². The van der Waals surface area contributed by atoms with Gasteiger partial charge in [-0.2, -0.15) is 0 Å². The van der Waals surface area contributed by atoms with Gasteiger partial charge >= 0.3 is 0 Å². The van der Waals surface area contributed by atoms with Crippen molar-refractivity contribution in [1.82, 2.24) is 4.90 Å². The summed E-state index contributed by atoms with van der Waals surface area (Å²) in [5.74, 6) is 0.431. The number of benzene rings is 1. The number of rotatable bonds is 6. The van der Waals surface area contributed by atoms with Gasteiger partial charge in [-0.15, -0.1) is 0 Å². The van der Waals surface area contributed by atoms with Crippen LogP contribution in [0.25, 0.3) is 0 Å². The SMILES string of the molecule is CCOc1ccccc1NC(=O)CCN1C(=O)C(C)SC1=S. The van der Waals surface area contributed by atoms with Gasteiger partial charge in [-0.1, -0.05) is 36.1 Å². The molecule has 1 aliphatic rings. The number of ether oxygens (including phenoxy) is 1. The minimum atomic E-state index is -0.174. The number of anilines is 1. The quantitative estimate of drug-likeness (QED) is 0.808. The molecule has 7 heteroatoms. The molecule has 1 saturated heterocycles. The molecule has 0 bridgehead atoms. The van der Waals surface area contributed by atoms with Crippen molar-refractivity contribution in [2.75, 3.05) is 18.5 Å². The van der Waals surface area contributed by atoms with Gasteiger partial charge in [0.05, 0.1) is 17.5 Å². The number of hydrogen-bond donors (Lipinski definition) is 1. The average Bonchev–Trinajstić information content (AvgIpc) is 2.72. The lowest BCUT2D eigenvalue weighted by Gasteiger charge is -2.15. The third-order valence-electron chi connectivity index (χ3n) is 3.14. The summed E-state index contributed by atoms with van der Waals surface area (Å²) in [5.41, 5.74) is 0.632. The lowest BCUT2D eigenvalue weighted by Crippen LogP contribution is -2.33. The Morgan fingerprint density at radius 2 is 2.18 bits per heavy atom. The zero-order chi connectivity index (χ0) is 16.1. The summed E-state index contributed by atoms with van der Waals surface area (Å²) in [6.07, 6.45) is 0.194. The molecular weight excluding hydrogens is 320 g/mol. The Morgan fingerprint density at radius 3 is 2.82 bits per heavy atom. The van der Waals surface area contributed by atoms with Crippen molar-refractivity contribution in [3.05, 3.63) is 24.3 Å². The maximum atomic E-state index is 12.1. The van der Waals surface area contributed by atoms with Gasteiger partial charge in [0.1, 0.15) is 10.1 Å². The first-order valence-corrected chi connectivity index (χ1v) is 8.35. The van der Waals surface area contributed by atoms with E-state index in [9.17, 15) is 9.59 Å². The van der Waals surface area contributed by atoms with E-state index in [4.69, 9.17) is 17.0 Å². The zero-order valence-corrected chi connectivity index (χ0v) is 14.1. The van der Waals surface area contributed by atoms with Crippen molar-refractivity contribution in [1.29, 1.82) is 0 Å². The van der Waals surface area contributed by atoms with Gasteiger partial charge in [-0.05, 0) is 26.0 Å². The van der Waals surface area contributed by atoms with Gasteiger partial charge < -0.3 is 10.1 Å². The zero-order valence-electron chi connectivity index (χ0n) is 12.5. The van der Waals surface area contributed by atoms with E-state index in [-0.39, 0.29) is 23.5 Å². The third-order valence-corrected chi connectivity index (χ3v) is 4.62. The number of nitrogens with zero attached hydrogens (tertiary/aromatic N) is 1. The van der Waals surface area contributed by atoms with E-state index in [1.165, 1.54) is 16.7 Å². The summed E-state index contributed by atoms with van der Waals surface area (Å²) in [4.78, 5) is 25.5. The Bertz CT molecular complexity index is 592. The highest BCUT2D eigenvalue weighted by Crippen LogP contribution is 2.27. The Balaban J connectivity index is 1.91. The van der Waals surface area contributed by atoms with E-state index >= 15 is 0 Å². The van der Waals surface area contributed by atoms with E-state index in [2.05, 4.69) is 5.32 Å². The Kier molecular flexibility index (Phi) is 5.79. The van der Waals surface area contributed by atoms with E-state index in [1.54, 1.807) is 12.1 Å². The van der Waals surface area contributed by atoms with Crippen LogP contribution in [-0.2, 0) is 9.59 Å². The molecule has 0 aliphatic carbocycles. The molecule has 1 aliphatic heterocycles. The van der Waals surface area contributed by atoms with Crippen molar-refractivity contribution in [2.24, 2.45) is 0 Å². The fourth-order valence-electron chi connectivity index (χ4n) is 2.05. The van der Waals surface area contributed by atoms with Gasteiger partial charge in [0.25, 0.3) is 0 Å². The summed E-state index contributed by atoms with van der Waals surface area (Å²) in [6.45, 7) is 4.53. The second kappa shape index (κ2) is 7.60. The molecule has 0 radical (unpaired) electrons. The van der Waals surface area contributed by atoms with Crippen molar-refractivity contribution in [3.63, 3.8) is 0 Å². The molecule has 118 valence electrons. The molecule has 1 fully saturated rings. The summed E-state index contributed by atoms with van der Waals surface area (Å²) in [6, 6.07) is 7.26. The fraction of sp³-hybridized carbons (Fsp3) is 0.400. The number of hydrogen-bond acceptors (Lipinski definition) is 5. The Labute approximate surface area is 139 Å². The van der Waals surface area contributed by atoms with Crippen LogP contribution < -0.4 is 10.1 Å². The van der Waals surface area contributed by atoms with Crippen LogP contribution in [0.4, 0.5) is 5.69 Å². The molecule has 0 spiro atoms. The first-order valence-electron chi connectivity index (χ1n) is 7.06. The van der Waals surface area contributed by atoms with Crippen LogP contribution in [0.2, 0.25) is 0 Å². The molecule has 0 saturated carbocycles. The predicted molar refractivity (Wildman–Crippen MR) is 92.2 cm³/mol. The second-order valence-corrected chi connectivity index (χ2v) is 6.72. The van der Waals surface area contributed by atoms with Crippen LogP contribution >= 0.6 is 24.0 Å². The average molecular weight is 338 g/mol. The lowest BCUT2D eigenvalue weighted by molar-refractivity contribution is -0.126. The van der Waals surface area contributed by atoms with Crippen molar-refractivity contribution < 1.29 is 14.3 Å². The van der Waals surface area contributed by atoms with Crippen LogP contribution in [-0.4, -0.2) is 39.4 Å². The number of thioether (sulfide) groups is 1. The Morgan fingerprint density at radius 1 is 1.45 bits per heavy atom. The molecule has 1 aromatic rings. The second-order valence-electron chi connectivity index (χ2n) is 4.74. The molecular formula is C15H18N2O3S2. The topological polar surface area (TPSA) is 58.6 Å². The smallest absolute Gasteiger partial charge is 0.241 e. The van der Waals surface area contributed by atoms with Crippen LogP contribution in [0.5, 0.6) is 5.75 Å². The number of carbonyl (C=O) groups excluding carboxylic acids is 2. The van der Waals surface area contributed by atoms with Crippen LogP contribution in [0.3, 0.4) is 0 Å². The normalized spacial score (nSPS) is 17.7. The molecule has 0 aromatic heterocycles. The minimum Gasteiger partial charge on any atom is -0.492 e. The maximum Gasteiger partial charge on any atom is 0.241 e. The van der Waals surface area contributed by atoms with Crippen LogP contribution in [0.1, 0.15) is 20.3 Å². The summed E-state index contributed by atoms with van der Waals surface area (Å²) in [7, 11) is 0. The largest absolute Gasteiger partial charge is 0.492 e. The van der Waals surface area contributed by atoms with Crippen LogP contribution in [0.15, 0.2) is 24.3 Å². The molecule has 1 heterocycles. The highest BCUT2D eigenvalue weighted by Gasteiger charge is 2.33. The van der Waals surface area contributed by atoms with Crippen molar-refractivity contribution >= 4 is 45.8 Å². The highest BCUT2D eigenvalue weighted by atomic mass is 32.2. The van der Waals surface area contributed by atoms with Crippen LogP contribution in [0, 0.1) is 0 Å². The van der Waals surface area contributed by atoms with Crippen molar-refractivity contribution in [3.8, 4) is 5.75 Å². The monoisotopic (exact) mass is 338 g/mol. The molecule has 2 rings (SSSR count). The van der Waals surface area contributed by atoms with Crippen molar-refractivity contribution in [2.45, 2.75) is 25.5 Å². The summed E-state index contributed by atoms with van der Waals surface area (Å²) in [5, 5.41) is 2.65. The van der Waals surface area contributed by atoms with E-state index < -0.39 is 0 Å². The van der Waals surface area contributed by atoms with Gasteiger partial charge in [-0.25, -0.2) is 0 Å². The minimum absolute atomic E-state index is 0.0301. The number of nitrogens with one attached hydrogen (secondary N) is 1. The van der Waals surface area contributed by atoms with E-state index in [1.807, 2.05) is 26.0 Å². The Hall–Kier alpha value is -1.60. The summed E-state index contributed by atoms with van der Waals surface area (Å²) < 4.78 is 6.00. The lowest BCUT2D eigenvalue weighted by atomic mass is 10.2. The van der Waals surface area contributed by atoms with Gasteiger partial charge in [-0.3, -0.25) is 14.5 Å². The number of carbonyl (C=O) groups is 2. The first kappa shape index (κ1) is 16.8. The number of amides is 2.